The molecule has 4 N–H and O–H groups in total. The average molecular weight is 565 g/mol. The van der Waals surface area contributed by atoms with Gasteiger partial charge in [-0.3, -0.25) is 14.5 Å². The van der Waals surface area contributed by atoms with Gasteiger partial charge in [0.05, 0.1) is 24.5 Å². The van der Waals surface area contributed by atoms with Crippen LogP contribution in [0.2, 0.25) is 0 Å². The van der Waals surface area contributed by atoms with E-state index in [-0.39, 0.29) is 30.7 Å². The van der Waals surface area contributed by atoms with E-state index < -0.39 is 18.0 Å². The van der Waals surface area contributed by atoms with Gasteiger partial charge in [-0.05, 0) is 48.9 Å². The molecule has 0 spiro atoms. The van der Waals surface area contributed by atoms with Crippen LogP contribution < -0.4 is 20.9 Å². The van der Waals surface area contributed by atoms with Crippen LogP contribution in [-0.2, 0) is 14.3 Å². The summed E-state index contributed by atoms with van der Waals surface area (Å²) in [6, 6.07) is 11.6. The number of carbonyl (C=O) groups is 3. The Morgan fingerprint density at radius 3 is 2.56 bits per heavy atom. The SMILES string of the molecule is CC(=O)NC[C@H]1CN(c2ccc(N3CCN(C(=O)CCCC#Cc4ccc(/C(N)=N\O)cc4)CC3)c(F)c2)C(=O)O1. The molecular formula is C29H33FN6O5. The number of oxime groups is 1. The molecule has 12 heteroatoms. The fourth-order valence-electron chi connectivity index (χ4n) is 4.65. The van der Waals surface area contributed by atoms with Crippen molar-refractivity contribution >= 4 is 35.1 Å². The number of hydrogen-bond acceptors (Lipinski definition) is 7. The van der Waals surface area contributed by atoms with Crippen molar-refractivity contribution in [2.45, 2.75) is 32.3 Å². The lowest BCUT2D eigenvalue weighted by Gasteiger charge is -2.36. The highest BCUT2D eigenvalue weighted by Gasteiger charge is 2.33. The lowest BCUT2D eigenvalue weighted by Crippen LogP contribution is -2.49. The maximum Gasteiger partial charge on any atom is 0.414 e. The molecule has 1 atom stereocenters. The summed E-state index contributed by atoms with van der Waals surface area (Å²) in [5, 5.41) is 14.3. The van der Waals surface area contributed by atoms with Crippen molar-refractivity contribution in [3.8, 4) is 11.8 Å². The summed E-state index contributed by atoms with van der Waals surface area (Å²) in [4.78, 5) is 41.1. The minimum absolute atomic E-state index is 0.0349. The first kappa shape index (κ1) is 29.2. The first-order valence-electron chi connectivity index (χ1n) is 13.4. The quantitative estimate of drug-likeness (QED) is 0.112. The predicted octanol–water partition coefficient (Wildman–Crippen LogP) is 2.25. The number of amidine groups is 1. The number of benzene rings is 2. The van der Waals surface area contributed by atoms with Crippen molar-refractivity contribution in [1.82, 2.24) is 10.2 Å². The summed E-state index contributed by atoms with van der Waals surface area (Å²) in [5.41, 5.74) is 7.75. The minimum atomic E-state index is -0.584. The number of amides is 3. The summed E-state index contributed by atoms with van der Waals surface area (Å²) in [7, 11) is 0. The number of cyclic esters (lactones) is 1. The Balaban J connectivity index is 1.21. The van der Waals surface area contributed by atoms with Crippen LogP contribution in [0.1, 0.15) is 37.3 Å². The Bertz CT molecular complexity index is 1360. The van der Waals surface area contributed by atoms with Gasteiger partial charge in [-0.2, -0.15) is 0 Å². The molecule has 0 unspecified atom stereocenters. The smallest absolute Gasteiger partial charge is 0.414 e. The van der Waals surface area contributed by atoms with Crippen LogP contribution in [-0.4, -0.2) is 79.2 Å². The van der Waals surface area contributed by atoms with Crippen LogP contribution in [0.25, 0.3) is 0 Å². The first-order chi connectivity index (χ1) is 19.7. The third kappa shape index (κ3) is 7.66. The first-order valence-corrected chi connectivity index (χ1v) is 13.4. The van der Waals surface area contributed by atoms with E-state index in [1.165, 1.54) is 17.9 Å². The van der Waals surface area contributed by atoms with Gasteiger partial charge in [0.25, 0.3) is 0 Å². The second kappa shape index (κ2) is 13.5. The number of anilines is 2. The highest BCUT2D eigenvalue weighted by atomic mass is 19.1. The van der Waals surface area contributed by atoms with Crippen LogP contribution >= 0.6 is 0 Å². The number of halogens is 1. The number of ether oxygens (including phenoxy) is 1. The molecule has 2 saturated heterocycles. The summed E-state index contributed by atoms with van der Waals surface area (Å²) >= 11 is 0. The topological polar surface area (TPSA) is 141 Å². The van der Waals surface area contributed by atoms with Crippen molar-refractivity contribution in [3.63, 3.8) is 0 Å². The normalized spacial score (nSPS) is 17.1. The van der Waals surface area contributed by atoms with Crippen molar-refractivity contribution in [2.24, 2.45) is 10.9 Å². The second-order valence-corrected chi connectivity index (χ2v) is 9.77. The lowest BCUT2D eigenvalue weighted by molar-refractivity contribution is -0.131. The van der Waals surface area contributed by atoms with Gasteiger partial charge in [0, 0.05) is 57.1 Å². The molecule has 2 fully saturated rings. The van der Waals surface area contributed by atoms with Gasteiger partial charge >= 0.3 is 6.09 Å². The average Bonchev–Trinajstić information content (AvgIpc) is 3.36. The molecule has 11 nitrogen and oxygen atoms in total. The molecule has 2 heterocycles. The highest BCUT2D eigenvalue weighted by molar-refractivity contribution is 5.97. The monoisotopic (exact) mass is 564 g/mol. The number of nitrogens with two attached hydrogens (primary N) is 1. The molecule has 2 aliphatic heterocycles. The van der Waals surface area contributed by atoms with E-state index in [2.05, 4.69) is 22.3 Å². The fourth-order valence-corrected chi connectivity index (χ4v) is 4.65. The van der Waals surface area contributed by atoms with Gasteiger partial charge in [-0.1, -0.05) is 17.0 Å². The maximum atomic E-state index is 15.1. The number of nitrogens with zero attached hydrogens (tertiary/aromatic N) is 4. The molecule has 0 aliphatic carbocycles. The van der Waals surface area contributed by atoms with E-state index in [0.29, 0.717) is 62.4 Å². The van der Waals surface area contributed by atoms with Crippen molar-refractivity contribution in [3.05, 3.63) is 59.4 Å². The Hall–Kier alpha value is -4.79. The summed E-state index contributed by atoms with van der Waals surface area (Å²) in [6.07, 6.45) is 0.506. The van der Waals surface area contributed by atoms with Gasteiger partial charge < -0.3 is 30.8 Å². The van der Waals surface area contributed by atoms with Crippen LogP contribution in [0.3, 0.4) is 0 Å². The molecular weight excluding hydrogens is 531 g/mol. The van der Waals surface area contributed by atoms with Crippen LogP contribution in [0.5, 0.6) is 0 Å². The second-order valence-electron chi connectivity index (χ2n) is 9.77. The van der Waals surface area contributed by atoms with Crippen LogP contribution in [0.4, 0.5) is 20.6 Å². The zero-order chi connectivity index (χ0) is 29.4. The Kier molecular flexibility index (Phi) is 9.63. The fraction of sp³-hybridized carbons (Fsp3) is 0.379. The highest BCUT2D eigenvalue weighted by Crippen LogP contribution is 2.28. The van der Waals surface area contributed by atoms with Gasteiger partial charge in [0.15, 0.2) is 5.84 Å². The Morgan fingerprint density at radius 1 is 1.17 bits per heavy atom. The standard InChI is InChI=1S/C29H33FN6O5/c1-20(37)32-18-24-19-36(29(39)41-24)23-11-12-26(25(30)17-23)34-13-15-35(16-14-34)27(38)6-4-2-3-5-21-7-9-22(10-8-21)28(31)33-40/h7-12,17,24,40H,2,4,6,13-16,18-19H2,1H3,(H2,31,33)(H,32,37)/t24-/m0/s1. The minimum Gasteiger partial charge on any atom is -0.442 e. The molecule has 4 rings (SSSR count). The molecule has 41 heavy (non-hydrogen) atoms. The molecule has 216 valence electrons. The van der Waals surface area contributed by atoms with E-state index >= 15 is 4.39 Å². The Labute approximate surface area is 237 Å². The van der Waals surface area contributed by atoms with E-state index in [1.807, 2.05) is 4.90 Å². The number of carbonyl (C=O) groups excluding carboxylic acids is 3. The molecule has 2 aliphatic rings. The summed E-state index contributed by atoms with van der Waals surface area (Å²) in [6.45, 7) is 3.76. The van der Waals surface area contributed by atoms with E-state index in [9.17, 15) is 14.4 Å². The van der Waals surface area contributed by atoms with Crippen molar-refractivity contribution in [2.75, 3.05) is 49.1 Å². The van der Waals surface area contributed by atoms with E-state index in [1.54, 1.807) is 41.3 Å². The van der Waals surface area contributed by atoms with Crippen LogP contribution in [0, 0.1) is 17.7 Å². The molecule has 3 amide bonds. The molecule has 2 aromatic rings. The maximum absolute atomic E-state index is 15.1. The Morgan fingerprint density at radius 2 is 1.90 bits per heavy atom. The number of rotatable bonds is 8. The van der Waals surface area contributed by atoms with Crippen LogP contribution in [0.15, 0.2) is 47.6 Å². The molecule has 0 bridgehead atoms. The summed E-state index contributed by atoms with van der Waals surface area (Å²) in [5.74, 6) is 5.51. The zero-order valence-electron chi connectivity index (χ0n) is 22.8. The molecule has 0 saturated carbocycles. The third-order valence-electron chi connectivity index (χ3n) is 6.88. The largest absolute Gasteiger partial charge is 0.442 e. The number of hydrogen-bond donors (Lipinski definition) is 3. The van der Waals surface area contributed by atoms with Gasteiger partial charge in [0.1, 0.15) is 11.9 Å². The van der Waals surface area contributed by atoms with E-state index in [0.717, 1.165) is 5.56 Å². The van der Waals surface area contributed by atoms with Gasteiger partial charge in [-0.25, -0.2) is 9.18 Å². The number of nitrogens with one attached hydrogen (secondary N) is 1. The number of unbranched alkanes of at least 4 members (excludes halogenated alkanes) is 1. The zero-order valence-corrected chi connectivity index (χ0v) is 22.8. The molecule has 2 aromatic carbocycles. The van der Waals surface area contributed by atoms with Gasteiger partial charge in [-0.15, -0.1) is 0 Å². The van der Waals surface area contributed by atoms with Crippen molar-refractivity contribution < 1.29 is 28.7 Å². The van der Waals surface area contributed by atoms with E-state index in [4.69, 9.17) is 15.7 Å². The third-order valence-corrected chi connectivity index (χ3v) is 6.88. The van der Waals surface area contributed by atoms with Crippen molar-refractivity contribution in [1.29, 1.82) is 0 Å². The molecule has 0 aromatic heterocycles. The predicted molar refractivity (Wildman–Crippen MR) is 151 cm³/mol. The summed E-state index contributed by atoms with van der Waals surface area (Å²) < 4.78 is 20.3. The number of piperazine rings is 1. The molecule has 0 radical (unpaired) electrons. The van der Waals surface area contributed by atoms with Gasteiger partial charge in [0.2, 0.25) is 11.8 Å². The lowest BCUT2D eigenvalue weighted by atomic mass is 10.1.